The number of anilines is 1. The van der Waals surface area contributed by atoms with Crippen LogP contribution in [-0.2, 0) is 61.9 Å². The Hall–Kier alpha value is -9.62. The molecule has 6 aliphatic rings. The number of fused-ring (bicyclic) bond motifs is 5. The molecule has 29 nitrogen and oxygen atoms in total. The molecule has 0 aromatic heterocycles. The van der Waals surface area contributed by atoms with E-state index in [1.54, 1.807) is 65.6 Å². The van der Waals surface area contributed by atoms with Gasteiger partial charge in [-0.3, -0.25) is 53.2 Å². The number of aliphatic imine (C=N–C) groups is 2. The first-order valence-electron chi connectivity index (χ1n) is 38.0. The number of hydrogen-bond donors (Lipinski definition) is 3. The fourth-order valence-electron chi connectivity index (χ4n) is 13.2. The third kappa shape index (κ3) is 23.2. The van der Waals surface area contributed by atoms with E-state index in [1.165, 1.54) is 19.1 Å². The molecule has 4 aromatic carbocycles. The highest BCUT2D eigenvalue weighted by Crippen LogP contribution is 2.44. The van der Waals surface area contributed by atoms with Crippen LogP contribution >= 0.6 is 0 Å². The van der Waals surface area contributed by atoms with E-state index in [4.69, 9.17) is 71.6 Å². The van der Waals surface area contributed by atoms with Crippen molar-refractivity contribution in [1.82, 2.24) is 25.3 Å². The van der Waals surface area contributed by atoms with Crippen molar-refractivity contribution in [2.75, 3.05) is 145 Å². The molecule has 110 heavy (non-hydrogen) atoms. The van der Waals surface area contributed by atoms with Gasteiger partial charge in [0.1, 0.15) is 0 Å². The molecule has 6 heterocycles. The lowest BCUT2D eigenvalue weighted by molar-refractivity contribution is -0.140. The third-order valence-electron chi connectivity index (χ3n) is 19.4. The summed E-state index contributed by atoms with van der Waals surface area (Å²) in [5.41, 5.74) is 5.90. The van der Waals surface area contributed by atoms with Crippen LogP contribution < -0.4 is 44.4 Å². The molecule has 6 aliphatic heterocycles. The first-order valence-corrected chi connectivity index (χ1v) is 38.0. The zero-order valence-corrected chi connectivity index (χ0v) is 64.0. The van der Waals surface area contributed by atoms with E-state index in [0.29, 0.717) is 187 Å². The van der Waals surface area contributed by atoms with E-state index in [2.05, 4.69) is 16.0 Å². The minimum Gasteiger partial charge on any atom is -0.493 e. The van der Waals surface area contributed by atoms with Crippen LogP contribution in [-0.4, -0.2) is 232 Å². The number of nitrogens with one attached hydrogen (secondary N) is 3. The average molecular weight is 1530 g/mol. The number of unbranched alkanes of at least 4 members (excludes halogenated alkanes) is 2. The molecule has 4 aromatic rings. The Kier molecular flexibility index (Phi) is 31.6. The molecular formula is C81H104N8O21. The number of benzene rings is 4. The van der Waals surface area contributed by atoms with Crippen molar-refractivity contribution in [1.29, 1.82) is 0 Å². The highest BCUT2D eigenvalue weighted by Gasteiger charge is 2.41. The van der Waals surface area contributed by atoms with Gasteiger partial charge in [0.2, 0.25) is 36.3 Å². The molecule has 0 bridgehead atoms. The molecule has 7 amide bonds. The molecule has 3 N–H and O–H groups in total. The molecule has 10 rings (SSSR count). The van der Waals surface area contributed by atoms with E-state index < -0.39 is 12.0 Å². The molecule has 0 saturated carbocycles. The van der Waals surface area contributed by atoms with Crippen LogP contribution in [0.5, 0.6) is 34.5 Å². The number of ether oxygens (including phenoxy) is 13. The van der Waals surface area contributed by atoms with Crippen molar-refractivity contribution in [2.24, 2.45) is 33.7 Å². The zero-order valence-electron chi connectivity index (χ0n) is 64.0. The van der Waals surface area contributed by atoms with Crippen molar-refractivity contribution in [2.45, 2.75) is 117 Å². The highest BCUT2D eigenvalue weighted by molar-refractivity contribution is 6.07. The van der Waals surface area contributed by atoms with Crippen LogP contribution in [0.4, 0.5) is 17.1 Å². The fourth-order valence-corrected chi connectivity index (χ4v) is 13.2. The molecule has 594 valence electrons. The Bertz CT molecular complexity index is 3970. The first-order chi connectivity index (χ1) is 53.4. The lowest BCUT2D eigenvalue weighted by Crippen LogP contribution is -2.45. The Balaban J connectivity index is 0.530. The number of ketones is 1. The fraction of sp³-hybridized carbons (Fsp3) is 0.531. The van der Waals surface area contributed by atoms with E-state index in [1.807, 2.05) is 70.4 Å². The van der Waals surface area contributed by atoms with Gasteiger partial charge in [-0.1, -0.05) is 59.2 Å². The van der Waals surface area contributed by atoms with Gasteiger partial charge in [0.05, 0.1) is 154 Å². The third-order valence-corrected chi connectivity index (χ3v) is 19.4. The summed E-state index contributed by atoms with van der Waals surface area (Å²) in [5.74, 6) is 0.0118. The monoisotopic (exact) mass is 1520 g/mol. The minimum atomic E-state index is -0.738. The number of nitrogens with zero attached hydrogens (tertiary/aromatic N) is 5. The normalized spacial score (nSPS) is 17.3. The van der Waals surface area contributed by atoms with E-state index in [0.717, 1.165) is 35.1 Å². The smallest absolute Gasteiger partial charge is 0.260 e. The van der Waals surface area contributed by atoms with Crippen LogP contribution in [0, 0.1) is 23.7 Å². The number of imide groups is 1. The maximum Gasteiger partial charge on any atom is 0.260 e. The SMILES string of the molecule is COc1cc2c(cc1OCCCOc1cc3c(cc1OC)C(=O)N1C=C(c4ccc5c(c4)OCO5)C[C@H]1C=N3)N=C[C@@H]1CC(c3ccc(NC(=O)[C@H](C)CC(=O)[C@@H](NC(=O)CCCCCOCCOCCOCCOCCOCCOCCOCCNC(=O)CCN4C(=O)CC(C(C)C)C4=O)C(C)C)cc3)=CN1C2=O. The summed E-state index contributed by atoms with van der Waals surface area (Å²) >= 11 is 0. The van der Waals surface area contributed by atoms with Gasteiger partial charge in [0.15, 0.2) is 40.3 Å². The topological polar surface area (TPSA) is 327 Å². The van der Waals surface area contributed by atoms with E-state index in [9.17, 15) is 38.4 Å². The van der Waals surface area contributed by atoms with Crippen LogP contribution in [0.15, 0.2) is 89.1 Å². The maximum absolute atomic E-state index is 14.2. The second-order valence-electron chi connectivity index (χ2n) is 28.1. The van der Waals surface area contributed by atoms with E-state index >= 15 is 0 Å². The minimum absolute atomic E-state index is 0.0542. The Morgan fingerprint density at radius 1 is 0.536 bits per heavy atom. The molecule has 0 spiro atoms. The number of carbonyl (C=O) groups excluding carboxylic acids is 8. The number of rotatable bonds is 48. The molecule has 5 atom stereocenters. The molecule has 0 aliphatic carbocycles. The quantitative estimate of drug-likeness (QED) is 0.0274. The van der Waals surface area contributed by atoms with Gasteiger partial charge in [0.25, 0.3) is 11.8 Å². The van der Waals surface area contributed by atoms with Crippen molar-refractivity contribution in [3.05, 3.63) is 101 Å². The van der Waals surface area contributed by atoms with Crippen LogP contribution in [0.3, 0.4) is 0 Å². The lowest BCUT2D eigenvalue weighted by atomic mass is 9.92. The molecule has 0 radical (unpaired) electrons. The number of Topliss-reactive ketones (excluding diaryl/α,β-unsaturated/α-hetero) is 1. The summed E-state index contributed by atoms with van der Waals surface area (Å²) < 4.78 is 73.7. The summed E-state index contributed by atoms with van der Waals surface area (Å²) in [5, 5.41) is 8.58. The molecule has 1 unspecified atom stereocenters. The van der Waals surface area contributed by atoms with Crippen molar-refractivity contribution < 1.29 is 99.9 Å². The predicted molar refractivity (Wildman–Crippen MR) is 408 cm³/mol. The van der Waals surface area contributed by atoms with Gasteiger partial charge in [0, 0.05) is 119 Å². The Morgan fingerprint density at radius 2 is 1.05 bits per heavy atom. The predicted octanol–water partition coefficient (Wildman–Crippen LogP) is 9.11. The highest BCUT2D eigenvalue weighted by atomic mass is 16.7. The zero-order chi connectivity index (χ0) is 77.9. The van der Waals surface area contributed by atoms with Gasteiger partial charge in [-0.15, -0.1) is 0 Å². The van der Waals surface area contributed by atoms with Crippen LogP contribution in [0.1, 0.15) is 131 Å². The lowest BCUT2D eigenvalue weighted by Gasteiger charge is -2.23. The van der Waals surface area contributed by atoms with Crippen molar-refractivity contribution >= 4 is 87.8 Å². The Morgan fingerprint density at radius 3 is 1.58 bits per heavy atom. The molecular weight excluding hydrogens is 1420 g/mol. The second-order valence-corrected chi connectivity index (χ2v) is 28.1. The van der Waals surface area contributed by atoms with Gasteiger partial charge < -0.3 is 87.3 Å². The van der Waals surface area contributed by atoms with Crippen LogP contribution in [0.2, 0.25) is 0 Å². The number of carbonyl (C=O) groups is 8. The summed E-state index contributed by atoms with van der Waals surface area (Å²) in [6.45, 7) is 16.1. The number of hydrogen-bond acceptors (Lipinski definition) is 23. The van der Waals surface area contributed by atoms with Crippen molar-refractivity contribution in [3.63, 3.8) is 0 Å². The van der Waals surface area contributed by atoms with Gasteiger partial charge >= 0.3 is 0 Å². The van der Waals surface area contributed by atoms with Gasteiger partial charge in [-0.25, -0.2) is 0 Å². The molecule has 1 fully saturated rings. The van der Waals surface area contributed by atoms with Gasteiger partial charge in [-0.05, 0) is 83.3 Å². The number of methoxy groups -OCH3 is 2. The summed E-state index contributed by atoms with van der Waals surface area (Å²) in [6.07, 6.45) is 11.4. The summed E-state index contributed by atoms with van der Waals surface area (Å²) in [6, 6.07) is 18.4. The summed E-state index contributed by atoms with van der Waals surface area (Å²) in [7, 11) is 3.03. The van der Waals surface area contributed by atoms with Gasteiger partial charge in [-0.2, -0.15) is 0 Å². The molecule has 1 saturated heterocycles. The standard InChI is InChI=1S/C81H104N8O21/c1-52(2)62-44-76(93)87(79(62)95)21-19-74(91)82-20-25-101-27-29-103-31-33-105-35-37-106-36-34-104-32-30-102-28-26-100-22-10-8-9-12-75(92)86-77(53(3)4)67(90)38-54(5)78(94)85-59-16-13-55(14-17-59)57-39-60-47-83-65-45-72(69(98-6)42-63(65)80(96)88(60)49-57)107-23-11-24-108-73-46-66-64(43-70(73)99-7)81(97)89-50-58(40-61(89)48-84-66)56-15-18-68-71(41-56)110-51-109-68/h13-18,41-43,45-50,52-54,60-62,77H,8-12,19-40,44,51H2,1-7H3,(H,82,91)(H,85,94)(H,86,92)/t54-,60+,61+,62?,77+/m1/s1. The van der Waals surface area contributed by atoms with Crippen LogP contribution in [0.25, 0.3) is 11.1 Å². The number of amides is 7. The summed E-state index contributed by atoms with van der Waals surface area (Å²) in [4.78, 5) is 119. The first kappa shape index (κ1) is 82.9. The maximum atomic E-state index is 14.2. The second kappa shape index (κ2) is 42.0. The van der Waals surface area contributed by atoms with E-state index in [-0.39, 0.29) is 129 Å². The van der Waals surface area contributed by atoms with Crippen molar-refractivity contribution in [3.8, 4) is 34.5 Å². The Labute approximate surface area is 641 Å². The average Bonchev–Trinajstić information content (AvgIpc) is 1.62. The number of likely N-dealkylation sites (tertiary alicyclic amines) is 1. The molecule has 29 heteroatoms. The largest absolute Gasteiger partial charge is 0.493 e.